The second-order valence-electron chi connectivity index (χ2n) is 3.79. The van der Waals surface area contributed by atoms with Crippen LogP contribution in [0.15, 0.2) is 12.1 Å². The van der Waals surface area contributed by atoms with E-state index in [2.05, 4.69) is 10.3 Å². The molecule has 1 aromatic heterocycles. The quantitative estimate of drug-likeness (QED) is 0.865. The Morgan fingerprint density at radius 3 is 2.56 bits per heavy atom. The summed E-state index contributed by atoms with van der Waals surface area (Å²) in [6.45, 7) is 1.80. The SMILES string of the molecule is CNc1nc(C)c(Cc2ccc(F)c(F)c2F)s1. The van der Waals surface area contributed by atoms with Gasteiger partial charge in [-0.15, -0.1) is 11.3 Å². The van der Waals surface area contributed by atoms with Crippen molar-refractivity contribution in [2.75, 3.05) is 12.4 Å². The Hall–Kier alpha value is -1.56. The number of aromatic nitrogens is 1. The number of anilines is 1. The number of nitrogens with zero attached hydrogens (tertiary/aromatic N) is 1. The van der Waals surface area contributed by atoms with Crippen molar-refractivity contribution in [3.8, 4) is 0 Å². The van der Waals surface area contributed by atoms with E-state index in [4.69, 9.17) is 0 Å². The molecule has 0 aliphatic rings. The van der Waals surface area contributed by atoms with Gasteiger partial charge in [0, 0.05) is 18.3 Å². The molecule has 2 rings (SSSR count). The average molecular weight is 272 g/mol. The highest BCUT2D eigenvalue weighted by molar-refractivity contribution is 7.15. The largest absolute Gasteiger partial charge is 0.365 e. The van der Waals surface area contributed by atoms with E-state index < -0.39 is 17.5 Å². The number of rotatable bonds is 3. The fraction of sp³-hybridized carbons (Fsp3) is 0.250. The zero-order valence-corrected chi connectivity index (χ0v) is 10.7. The molecule has 0 fully saturated rings. The number of thiazole rings is 1. The lowest BCUT2D eigenvalue weighted by Gasteiger charge is -2.03. The molecule has 1 aromatic carbocycles. The Labute approximate surface area is 106 Å². The summed E-state index contributed by atoms with van der Waals surface area (Å²) in [7, 11) is 1.74. The molecule has 0 saturated heterocycles. The highest BCUT2D eigenvalue weighted by Gasteiger charge is 2.15. The van der Waals surface area contributed by atoms with Crippen molar-refractivity contribution in [2.24, 2.45) is 0 Å². The fourth-order valence-electron chi connectivity index (χ4n) is 1.57. The molecule has 0 atom stereocenters. The summed E-state index contributed by atoms with van der Waals surface area (Å²) in [6, 6.07) is 2.19. The van der Waals surface area contributed by atoms with Gasteiger partial charge in [0.05, 0.1) is 5.69 Å². The summed E-state index contributed by atoms with van der Waals surface area (Å²) >= 11 is 1.37. The van der Waals surface area contributed by atoms with Crippen molar-refractivity contribution in [3.63, 3.8) is 0 Å². The van der Waals surface area contributed by atoms with Gasteiger partial charge in [0.2, 0.25) is 0 Å². The minimum Gasteiger partial charge on any atom is -0.365 e. The Morgan fingerprint density at radius 2 is 1.94 bits per heavy atom. The molecule has 18 heavy (non-hydrogen) atoms. The maximum atomic E-state index is 13.5. The highest BCUT2D eigenvalue weighted by atomic mass is 32.1. The van der Waals surface area contributed by atoms with E-state index in [1.54, 1.807) is 14.0 Å². The fourth-order valence-corrected chi connectivity index (χ4v) is 2.51. The molecule has 2 nitrogen and oxygen atoms in total. The van der Waals surface area contributed by atoms with E-state index in [-0.39, 0.29) is 12.0 Å². The van der Waals surface area contributed by atoms with Gasteiger partial charge < -0.3 is 5.32 Å². The van der Waals surface area contributed by atoms with Gasteiger partial charge in [-0.25, -0.2) is 18.2 Å². The van der Waals surface area contributed by atoms with Crippen LogP contribution in [0.3, 0.4) is 0 Å². The van der Waals surface area contributed by atoms with Crippen LogP contribution < -0.4 is 5.32 Å². The summed E-state index contributed by atoms with van der Waals surface area (Å²) < 4.78 is 39.4. The molecule has 2 aromatic rings. The van der Waals surface area contributed by atoms with Crippen molar-refractivity contribution in [1.82, 2.24) is 4.98 Å². The molecule has 0 saturated carbocycles. The second kappa shape index (κ2) is 4.97. The van der Waals surface area contributed by atoms with Gasteiger partial charge in [-0.2, -0.15) is 0 Å². The van der Waals surface area contributed by atoms with Crippen LogP contribution in [0.5, 0.6) is 0 Å². The first-order chi connectivity index (χ1) is 8.52. The minimum absolute atomic E-state index is 0.128. The molecule has 1 heterocycles. The zero-order chi connectivity index (χ0) is 13.3. The first-order valence-electron chi connectivity index (χ1n) is 5.29. The molecule has 0 spiro atoms. The molecule has 0 aliphatic carbocycles. The first kappa shape index (κ1) is 12.9. The Kier molecular flexibility index (Phi) is 3.56. The van der Waals surface area contributed by atoms with Crippen LogP contribution in [0.2, 0.25) is 0 Å². The van der Waals surface area contributed by atoms with Crippen molar-refractivity contribution in [2.45, 2.75) is 13.3 Å². The number of hydrogen-bond acceptors (Lipinski definition) is 3. The van der Waals surface area contributed by atoms with Crippen LogP contribution in [-0.4, -0.2) is 12.0 Å². The molecule has 0 radical (unpaired) electrons. The predicted octanol–water partition coefficient (Wildman–Crippen LogP) is 3.50. The minimum atomic E-state index is -1.43. The van der Waals surface area contributed by atoms with E-state index >= 15 is 0 Å². The molecule has 0 aliphatic heterocycles. The summed E-state index contributed by atoms with van der Waals surface area (Å²) in [6.07, 6.45) is 0.203. The Bertz CT molecular complexity index is 581. The average Bonchev–Trinajstić information content (AvgIpc) is 2.71. The third kappa shape index (κ3) is 2.33. The van der Waals surface area contributed by atoms with Gasteiger partial charge in [-0.3, -0.25) is 0 Å². The number of nitrogens with one attached hydrogen (secondary N) is 1. The summed E-state index contributed by atoms with van der Waals surface area (Å²) in [5, 5.41) is 3.60. The van der Waals surface area contributed by atoms with Gasteiger partial charge >= 0.3 is 0 Å². The molecule has 0 bridgehead atoms. The summed E-state index contributed by atoms with van der Waals surface area (Å²) in [5.74, 6) is -3.73. The smallest absolute Gasteiger partial charge is 0.194 e. The molecule has 1 N–H and O–H groups in total. The molecule has 0 unspecified atom stereocenters. The third-order valence-corrected chi connectivity index (χ3v) is 3.75. The molecule has 0 amide bonds. The first-order valence-corrected chi connectivity index (χ1v) is 6.11. The van der Waals surface area contributed by atoms with Crippen molar-refractivity contribution >= 4 is 16.5 Å². The maximum Gasteiger partial charge on any atom is 0.194 e. The van der Waals surface area contributed by atoms with Crippen LogP contribution in [0.4, 0.5) is 18.3 Å². The van der Waals surface area contributed by atoms with Crippen LogP contribution in [0.25, 0.3) is 0 Å². The van der Waals surface area contributed by atoms with Gasteiger partial charge in [0.1, 0.15) is 0 Å². The normalized spacial score (nSPS) is 10.7. The van der Waals surface area contributed by atoms with Gasteiger partial charge in [0.15, 0.2) is 22.6 Å². The van der Waals surface area contributed by atoms with Gasteiger partial charge in [-0.1, -0.05) is 6.07 Å². The predicted molar refractivity (Wildman–Crippen MR) is 65.5 cm³/mol. The third-order valence-electron chi connectivity index (χ3n) is 2.57. The molecule has 6 heteroatoms. The number of benzene rings is 1. The lowest BCUT2D eigenvalue weighted by atomic mass is 10.1. The second-order valence-corrected chi connectivity index (χ2v) is 4.87. The monoisotopic (exact) mass is 272 g/mol. The Balaban J connectivity index is 2.34. The van der Waals surface area contributed by atoms with E-state index in [0.29, 0.717) is 5.13 Å². The van der Waals surface area contributed by atoms with Crippen LogP contribution >= 0.6 is 11.3 Å². The van der Waals surface area contributed by atoms with Crippen LogP contribution in [0, 0.1) is 24.4 Å². The maximum absolute atomic E-state index is 13.5. The molecule has 96 valence electrons. The van der Waals surface area contributed by atoms with Gasteiger partial charge in [0.25, 0.3) is 0 Å². The summed E-state index contributed by atoms with van der Waals surface area (Å²) in [5.41, 5.74) is 0.886. The summed E-state index contributed by atoms with van der Waals surface area (Å²) in [4.78, 5) is 5.04. The van der Waals surface area contributed by atoms with E-state index in [1.165, 1.54) is 17.4 Å². The standard InChI is InChI=1S/C12H11F3N2S/c1-6-9(18-12(16-2)17-6)5-7-3-4-8(13)11(15)10(7)14/h3-4H,5H2,1-2H3,(H,16,17). The number of aryl methyl sites for hydroxylation is 1. The van der Waals surface area contributed by atoms with E-state index in [0.717, 1.165) is 16.6 Å². The number of halogens is 3. The van der Waals surface area contributed by atoms with Crippen LogP contribution in [-0.2, 0) is 6.42 Å². The van der Waals surface area contributed by atoms with Crippen LogP contribution in [0.1, 0.15) is 16.1 Å². The lowest BCUT2D eigenvalue weighted by Crippen LogP contribution is -1.98. The topological polar surface area (TPSA) is 24.9 Å². The van der Waals surface area contributed by atoms with E-state index in [1.807, 2.05) is 0 Å². The highest BCUT2D eigenvalue weighted by Crippen LogP contribution is 2.26. The zero-order valence-electron chi connectivity index (χ0n) is 9.85. The van der Waals surface area contributed by atoms with E-state index in [9.17, 15) is 13.2 Å². The van der Waals surface area contributed by atoms with Crippen molar-refractivity contribution in [1.29, 1.82) is 0 Å². The van der Waals surface area contributed by atoms with Crippen molar-refractivity contribution in [3.05, 3.63) is 45.7 Å². The molecular formula is C12H11F3N2S. The van der Waals surface area contributed by atoms with Crippen molar-refractivity contribution < 1.29 is 13.2 Å². The number of hydrogen-bond donors (Lipinski definition) is 1. The van der Waals surface area contributed by atoms with Gasteiger partial charge in [-0.05, 0) is 18.6 Å². The Morgan fingerprint density at radius 1 is 1.22 bits per heavy atom. The molecular weight excluding hydrogens is 261 g/mol. The lowest BCUT2D eigenvalue weighted by molar-refractivity contribution is 0.442.